The van der Waals surface area contributed by atoms with E-state index in [1.165, 1.54) is 5.56 Å². The molecule has 20 heavy (non-hydrogen) atoms. The molecular weight excluding hydrogens is 250 g/mol. The number of carbonyl (C=O) groups is 1. The maximum atomic E-state index is 11.9. The Morgan fingerprint density at radius 1 is 0.950 bits per heavy atom. The minimum Gasteiger partial charge on any atom is -0.397 e. The summed E-state index contributed by atoms with van der Waals surface area (Å²) in [6.07, 6.45) is 0. The fraction of sp³-hybridized carbons (Fsp3) is 0.188. The van der Waals surface area contributed by atoms with Crippen LogP contribution in [0, 0.1) is 20.8 Å². The average molecular weight is 269 g/mol. The van der Waals surface area contributed by atoms with Crippen LogP contribution in [0.1, 0.15) is 16.7 Å². The molecule has 0 saturated heterocycles. The monoisotopic (exact) mass is 269 g/mol. The van der Waals surface area contributed by atoms with Gasteiger partial charge in [-0.2, -0.15) is 0 Å². The summed E-state index contributed by atoms with van der Waals surface area (Å²) in [6, 6.07) is 11.0. The van der Waals surface area contributed by atoms with Crippen LogP contribution in [0.2, 0.25) is 0 Å². The Morgan fingerprint density at radius 3 is 2.35 bits per heavy atom. The first-order chi connectivity index (χ1) is 9.45. The molecule has 0 saturated carbocycles. The Bertz CT molecular complexity index is 650. The summed E-state index contributed by atoms with van der Waals surface area (Å²) in [7, 11) is 0. The van der Waals surface area contributed by atoms with Crippen LogP contribution in [-0.2, 0) is 0 Å². The number of amides is 2. The zero-order chi connectivity index (χ0) is 14.7. The highest BCUT2D eigenvalue weighted by atomic mass is 16.2. The Morgan fingerprint density at radius 2 is 1.70 bits per heavy atom. The quantitative estimate of drug-likeness (QED) is 0.725. The molecule has 0 aliphatic rings. The number of anilines is 3. The normalized spacial score (nSPS) is 10.2. The van der Waals surface area contributed by atoms with E-state index in [0.717, 1.165) is 16.8 Å². The van der Waals surface area contributed by atoms with Crippen molar-refractivity contribution >= 4 is 23.1 Å². The van der Waals surface area contributed by atoms with Crippen LogP contribution in [0.25, 0.3) is 0 Å². The molecule has 2 aromatic carbocycles. The minimum atomic E-state index is -0.302. The van der Waals surface area contributed by atoms with Crippen molar-refractivity contribution in [3.63, 3.8) is 0 Å². The summed E-state index contributed by atoms with van der Waals surface area (Å²) in [4.78, 5) is 11.9. The fourth-order valence-electron chi connectivity index (χ4n) is 1.90. The second kappa shape index (κ2) is 5.65. The molecule has 0 unspecified atom stereocenters. The van der Waals surface area contributed by atoms with Crippen molar-refractivity contribution in [3.8, 4) is 0 Å². The molecule has 2 amide bonds. The minimum absolute atomic E-state index is 0.302. The van der Waals surface area contributed by atoms with Gasteiger partial charge in [0, 0.05) is 5.69 Å². The number of urea groups is 1. The van der Waals surface area contributed by atoms with Gasteiger partial charge in [-0.1, -0.05) is 12.1 Å². The van der Waals surface area contributed by atoms with Gasteiger partial charge in [-0.3, -0.25) is 0 Å². The number of aryl methyl sites for hydroxylation is 3. The average Bonchev–Trinajstić information content (AvgIpc) is 2.37. The third-order valence-electron chi connectivity index (χ3n) is 3.22. The number of rotatable bonds is 2. The van der Waals surface area contributed by atoms with Crippen LogP contribution in [0.15, 0.2) is 36.4 Å². The van der Waals surface area contributed by atoms with Crippen LogP contribution >= 0.6 is 0 Å². The number of hydrogen-bond donors (Lipinski definition) is 3. The van der Waals surface area contributed by atoms with Crippen molar-refractivity contribution in [2.24, 2.45) is 0 Å². The van der Waals surface area contributed by atoms with Crippen LogP contribution in [0.4, 0.5) is 21.9 Å². The predicted molar refractivity (Wildman–Crippen MR) is 84.1 cm³/mol. The van der Waals surface area contributed by atoms with Gasteiger partial charge in [0.05, 0.1) is 11.4 Å². The van der Waals surface area contributed by atoms with E-state index in [1.807, 2.05) is 51.1 Å². The van der Waals surface area contributed by atoms with Gasteiger partial charge in [0.2, 0.25) is 0 Å². The standard InChI is InChI=1S/C16H19N3O/c1-10-4-7-15(14(17)8-10)19-16(20)18-13-6-5-11(2)12(3)9-13/h4-9H,17H2,1-3H3,(H2,18,19,20). The molecule has 0 aliphatic carbocycles. The van der Waals surface area contributed by atoms with Gasteiger partial charge in [0.25, 0.3) is 0 Å². The molecule has 2 rings (SSSR count). The first kappa shape index (κ1) is 13.9. The zero-order valence-electron chi connectivity index (χ0n) is 11.9. The van der Waals surface area contributed by atoms with Gasteiger partial charge in [-0.15, -0.1) is 0 Å². The second-order valence-corrected chi connectivity index (χ2v) is 4.97. The highest BCUT2D eigenvalue weighted by molar-refractivity contribution is 6.01. The molecule has 0 fully saturated rings. The van der Waals surface area contributed by atoms with E-state index in [2.05, 4.69) is 10.6 Å². The van der Waals surface area contributed by atoms with Gasteiger partial charge in [0.1, 0.15) is 0 Å². The lowest BCUT2D eigenvalue weighted by Gasteiger charge is -2.11. The first-order valence-corrected chi connectivity index (χ1v) is 6.47. The van der Waals surface area contributed by atoms with Crippen LogP contribution in [0.3, 0.4) is 0 Å². The van der Waals surface area contributed by atoms with Gasteiger partial charge < -0.3 is 16.4 Å². The summed E-state index contributed by atoms with van der Waals surface area (Å²) in [5.41, 5.74) is 11.2. The largest absolute Gasteiger partial charge is 0.397 e. The molecule has 0 heterocycles. The van der Waals surface area contributed by atoms with Crippen molar-refractivity contribution in [3.05, 3.63) is 53.1 Å². The van der Waals surface area contributed by atoms with Crippen LogP contribution in [-0.4, -0.2) is 6.03 Å². The van der Waals surface area contributed by atoms with E-state index in [0.29, 0.717) is 11.4 Å². The second-order valence-electron chi connectivity index (χ2n) is 4.97. The maximum Gasteiger partial charge on any atom is 0.323 e. The number of nitrogens with one attached hydrogen (secondary N) is 2. The van der Waals surface area contributed by atoms with Gasteiger partial charge in [-0.25, -0.2) is 4.79 Å². The van der Waals surface area contributed by atoms with Crippen molar-refractivity contribution in [1.29, 1.82) is 0 Å². The third kappa shape index (κ3) is 3.29. The smallest absolute Gasteiger partial charge is 0.323 e. The van der Waals surface area contributed by atoms with E-state index >= 15 is 0 Å². The summed E-state index contributed by atoms with van der Waals surface area (Å²) in [5.74, 6) is 0. The molecule has 0 spiro atoms. The van der Waals surface area contributed by atoms with E-state index < -0.39 is 0 Å². The van der Waals surface area contributed by atoms with E-state index in [-0.39, 0.29) is 6.03 Å². The van der Waals surface area contributed by atoms with E-state index in [1.54, 1.807) is 6.07 Å². The number of nitrogen functional groups attached to an aromatic ring is 1. The number of carbonyl (C=O) groups excluding carboxylic acids is 1. The van der Waals surface area contributed by atoms with Crippen molar-refractivity contribution < 1.29 is 4.79 Å². The SMILES string of the molecule is Cc1ccc(NC(=O)Nc2ccc(C)c(C)c2)c(N)c1. The van der Waals surface area contributed by atoms with E-state index in [4.69, 9.17) is 5.73 Å². The summed E-state index contributed by atoms with van der Waals surface area (Å²) in [5, 5.41) is 5.54. The molecule has 0 aromatic heterocycles. The number of benzene rings is 2. The highest BCUT2D eigenvalue weighted by Gasteiger charge is 2.06. The Hall–Kier alpha value is -2.49. The number of hydrogen-bond acceptors (Lipinski definition) is 2. The zero-order valence-corrected chi connectivity index (χ0v) is 11.9. The van der Waals surface area contributed by atoms with Crippen molar-refractivity contribution in [1.82, 2.24) is 0 Å². The Labute approximate surface area is 119 Å². The Balaban J connectivity index is 2.07. The van der Waals surface area contributed by atoms with Crippen LogP contribution < -0.4 is 16.4 Å². The van der Waals surface area contributed by atoms with Crippen LogP contribution in [0.5, 0.6) is 0 Å². The lowest BCUT2D eigenvalue weighted by Crippen LogP contribution is -2.20. The van der Waals surface area contributed by atoms with Crippen molar-refractivity contribution in [2.75, 3.05) is 16.4 Å². The molecule has 4 N–H and O–H groups in total. The van der Waals surface area contributed by atoms with Crippen molar-refractivity contribution in [2.45, 2.75) is 20.8 Å². The summed E-state index contributed by atoms with van der Waals surface area (Å²) >= 11 is 0. The topological polar surface area (TPSA) is 67.2 Å². The molecule has 0 atom stereocenters. The molecule has 4 nitrogen and oxygen atoms in total. The van der Waals surface area contributed by atoms with Gasteiger partial charge >= 0.3 is 6.03 Å². The third-order valence-corrected chi connectivity index (χ3v) is 3.22. The van der Waals surface area contributed by atoms with Gasteiger partial charge in [0.15, 0.2) is 0 Å². The predicted octanol–water partition coefficient (Wildman–Crippen LogP) is 3.84. The molecule has 0 radical (unpaired) electrons. The lowest BCUT2D eigenvalue weighted by atomic mass is 10.1. The summed E-state index contributed by atoms with van der Waals surface area (Å²) < 4.78 is 0. The molecule has 104 valence electrons. The molecule has 0 aliphatic heterocycles. The maximum absolute atomic E-state index is 11.9. The first-order valence-electron chi connectivity index (χ1n) is 6.47. The molecule has 0 bridgehead atoms. The lowest BCUT2D eigenvalue weighted by molar-refractivity contribution is 0.262. The molecule has 4 heteroatoms. The number of nitrogens with two attached hydrogens (primary N) is 1. The highest BCUT2D eigenvalue weighted by Crippen LogP contribution is 2.20. The Kier molecular flexibility index (Phi) is 3.94. The van der Waals surface area contributed by atoms with Gasteiger partial charge in [-0.05, 0) is 61.7 Å². The fourth-order valence-corrected chi connectivity index (χ4v) is 1.90. The summed E-state index contributed by atoms with van der Waals surface area (Å²) in [6.45, 7) is 6.00. The van der Waals surface area contributed by atoms with E-state index in [9.17, 15) is 4.79 Å². The molecule has 2 aromatic rings. The molecular formula is C16H19N3O.